The lowest BCUT2D eigenvalue weighted by atomic mass is 9.98. The predicted octanol–water partition coefficient (Wildman–Crippen LogP) is -4.68. The minimum atomic E-state index is -1.67. The summed E-state index contributed by atoms with van der Waals surface area (Å²) in [6.07, 6.45) is -11.9. The fraction of sp³-hybridized carbons (Fsp3) is 1.00. The maximum absolute atomic E-state index is 10.0. The molecule has 10 nitrogen and oxygen atoms in total. The van der Waals surface area contributed by atoms with Gasteiger partial charge in [-0.2, -0.15) is 0 Å². The largest absolute Gasteiger partial charge is 0.395 e. The van der Waals surface area contributed by atoms with Crippen LogP contribution in [0.3, 0.4) is 0 Å². The molecule has 11 heteroatoms. The quantitative estimate of drug-likeness (QED) is 0.242. The van der Waals surface area contributed by atoms with Crippen molar-refractivity contribution in [3.05, 3.63) is 0 Å². The van der Waals surface area contributed by atoms with Crippen LogP contribution in [-0.4, -0.2) is 114 Å². The third-order valence-electron chi connectivity index (χ3n) is 3.98. The molecule has 0 amide bonds. The highest BCUT2D eigenvalue weighted by atomic mass is 32.2. The Labute approximate surface area is 135 Å². The Morgan fingerprint density at radius 3 is 2.00 bits per heavy atom. The molecule has 0 spiro atoms. The van der Waals surface area contributed by atoms with Crippen LogP contribution in [0, 0.1) is 0 Å². The summed E-state index contributed by atoms with van der Waals surface area (Å²) in [5, 5.41) is 76.2. The second-order valence-electron chi connectivity index (χ2n) is 5.53. The van der Waals surface area contributed by atoms with Gasteiger partial charge in [0.05, 0.1) is 18.5 Å². The molecule has 2 aliphatic rings. The van der Waals surface area contributed by atoms with E-state index in [4.69, 9.17) is 14.6 Å². The molecule has 2 rings (SSSR count). The van der Waals surface area contributed by atoms with Gasteiger partial charge in [0.2, 0.25) is 0 Å². The topological polar surface area (TPSA) is 180 Å². The van der Waals surface area contributed by atoms with Gasteiger partial charge in [-0.15, -0.1) is 11.8 Å². The van der Waals surface area contributed by atoms with Gasteiger partial charge in [-0.05, 0) is 0 Å². The summed E-state index contributed by atoms with van der Waals surface area (Å²) in [5.74, 6) is 0. The molecule has 5 unspecified atom stereocenters. The molecule has 0 saturated carbocycles. The lowest BCUT2D eigenvalue weighted by Crippen LogP contribution is -2.62. The molecule has 2 saturated heterocycles. The van der Waals surface area contributed by atoms with E-state index in [9.17, 15) is 35.7 Å². The van der Waals surface area contributed by atoms with Gasteiger partial charge in [-0.3, -0.25) is 0 Å². The Kier molecular flexibility index (Phi) is 6.61. The van der Waals surface area contributed by atoms with Crippen molar-refractivity contribution in [1.82, 2.24) is 0 Å². The Hall–Kier alpha value is -0.0500. The molecule has 0 radical (unpaired) electrons. The molecule has 10 atom stereocenters. The van der Waals surface area contributed by atoms with Crippen molar-refractivity contribution >= 4 is 11.8 Å². The second-order valence-corrected chi connectivity index (χ2v) is 6.89. The molecule has 8 N–H and O–H groups in total. The molecule has 2 aliphatic heterocycles. The molecule has 23 heavy (non-hydrogen) atoms. The van der Waals surface area contributed by atoms with Crippen LogP contribution in [0.15, 0.2) is 0 Å². The third kappa shape index (κ3) is 3.80. The van der Waals surface area contributed by atoms with Crippen LogP contribution in [0.1, 0.15) is 0 Å². The van der Waals surface area contributed by atoms with Gasteiger partial charge in [0, 0.05) is 0 Å². The van der Waals surface area contributed by atoms with Gasteiger partial charge in [0.1, 0.15) is 48.2 Å². The molecule has 0 aromatic heterocycles. The van der Waals surface area contributed by atoms with Crippen LogP contribution < -0.4 is 0 Å². The lowest BCUT2D eigenvalue weighted by molar-refractivity contribution is -0.320. The molecule has 0 aromatic rings. The molecule has 136 valence electrons. The van der Waals surface area contributed by atoms with E-state index in [-0.39, 0.29) is 0 Å². The summed E-state index contributed by atoms with van der Waals surface area (Å²) in [4.78, 5) is 0. The zero-order valence-corrected chi connectivity index (χ0v) is 12.8. The number of aliphatic hydroxyl groups excluding tert-OH is 8. The Morgan fingerprint density at radius 1 is 0.783 bits per heavy atom. The highest BCUT2D eigenvalue weighted by molar-refractivity contribution is 8.00. The van der Waals surface area contributed by atoms with Crippen molar-refractivity contribution < 1.29 is 50.3 Å². The lowest BCUT2D eigenvalue weighted by Gasteiger charge is -2.45. The fourth-order valence-corrected chi connectivity index (χ4v) is 3.72. The average molecular weight is 358 g/mol. The first-order chi connectivity index (χ1) is 10.8. The normalized spacial score (nSPS) is 51.7. The van der Waals surface area contributed by atoms with Crippen molar-refractivity contribution in [2.24, 2.45) is 0 Å². The van der Waals surface area contributed by atoms with Crippen molar-refractivity contribution in [2.45, 2.75) is 59.7 Å². The molecule has 0 aliphatic carbocycles. The van der Waals surface area contributed by atoms with Crippen LogP contribution in [0.2, 0.25) is 0 Å². The summed E-state index contributed by atoms with van der Waals surface area (Å²) in [6.45, 7) is -1.13. The zero-order valence-electron chi connectivity index (χ0n) is 12.0. The van der Waals surface area contributed by atoms with Crippen LogP contribution in [0.5, 0.6) is 0 Å². The minimum Gasteiger partial charge on any atom is -0.395 e. The maximum Gasteiger partial charge on any atom is 0.187 e. The molecule has 0 aromatic carbocycles. The number of thioether (sulfide) groups is 1. The number of ether oxygens (including phenoxy) is 2. The van der Waals surface area contributed by atoms with E-state index in [1.54, 1.807) is 0 Å². The molecule has 0 bridgehead atoms. The number of aliphatic hydroxyl groups is 8. The van der Waals surface area contributed by atoms with Gasteiger partial charge in [0.15, 0.2) is 6.29 Å². The number of rotatable bonds is 4. The van der Waals surface area contributed by atoms with Crippen LogP contribution in [-0.2, 0) is 9.47 Å². The highest BCUT2D eigenvalue weighted by Gasteiger charge is 2.49. The summed E-state index contributed by atoms with van der Waals surface area (Å²) in [7, 11) is 0. The standard InChI is InChI=1S/C12H22O10S/c13-1-3-5(15)6(16)9(19)12(21-3)22-10-4(2-14)23-11(20)8(18)7(10)17/h3-20H,1-2H2/t3?,4?,5-,6?,7+,8-,9-,10+,11?,12?/m0/s1. The monoisotopic (exact) mass is 358 g/mol. The zero-order chi connectivity index (χ0) is 17.3. The van der Waals surface area contributed by atoms with Crippen molar-refractivity contribution in [3.63, 3.8) is 0 Å². The van der Waals surface area contributed by atoms with Gasteiger partial charge in [-0.1, -0.05) is 0 Å². The van der Waals surface area contributed by atoms with Crippen molar-refractivity contribution in [3.8, 4) is 0 Å². The summed E-state index contributed by atoms with van der Waals surface area (Å²) < 4.78 is 10.5. The Balaban J connectivity index is 2.11. The summed E-state index contributed by atoms with van der Waals surface area (Å²) >= 11 is 0.776. The fourth-order valence-electron chi connectivity index (χ4n) is 2.57. The van der Waals surface area contributed by atoms with E-state index in [2.05, 4.69) is 0 Å². The first-order valence-electron chi connectivity index (χ1n) is 7.08. The first-order valence-corrected chi connectivity index (χ1v) is 8.02. The smallest absolute Gasteiger partial charge is 0.187 e. The Morgan fingerprint density at radius 2 is 1.43 bits per heavy atom. The first kappa shape index (κ1) is 19.3. The summed E-state index contributed by atoms with van der Waals surface area (Å²) in [6, 6.07) is 0. The van der Waals surface area contributed by atoms with Crippen LogP contribution in [0.4, 0.5) is 0 Å². The molecule has 2 heterocycles. The number of hydrogen-bond donors (Lipinski definition) is 8. The molecule has 2 fully saturated rings. The van der Waals surface area contributed by atoms with Crippen molar-refractivity contribution in [2.75, 3.05) is 13.2 Å². The van der Waals surface area contributed by atoms with E-state index in [0.717, 1.165) is 11.8 Å². The van der Waals surface area contributed by atoms with E-state index in [1.165, 1.54) is 0 Å². The minimum absolute atomic E-state index is 0.492. The van der Waals surface area contributed by atoms with Gasteiger partial charge < -0.3 is 50.3 Å². The predicted molar refractivity (Wildman–Crippen MR) is 75.1 cm³/mol. The maximum atomic E-state index is 10.0. The Bertz CT molecular complexity index is 383. The summed E-state index contributed by atoms with van der Waals surface area (Å²) in [5.41, 5.74) is -1.32. The second kappa shape index (κ2) is 7.89. The highest BCUT2D eigenvalue weighted by Crippen LogP contribution is 2.35. The molecular weight excluding hydrogens is 336 g/mol. The molecular formula is C12H22O10S. The van der Waals surface area contributed by atoms with Crippen LogP contribution in [0.25, 0.3) is 0 Å². The third-order valence-corrected chi connectivity index (χ3v) is 5.30. The number of hydrogen-bond acceptors (Lipinski definition) is 11. The van der Waals surface area contributed by atoms with Crippen molar-refractivity contribution in [1.29, 1.82) is 0 Å². The van der Waals surface area contributed by atoms with E-state index in [0.29, 0.717) is 0 Å². The van der Waals surface area contributed by atoms with E-state index in [1.807, 2.05) is 0 Å². The SMILES string of the molecule is OCC1OC(O[C@@H]2C(CO)SC(O)[C@@H](O)[C@H]2O)[C@@H](O)C(O)[C@H]1O. The van der Waals surface area contributed by atoms with Gasteiger partial charge in [0.25, 0.3) is 0 Å². The average Bonchev–Trinajstić information content (AvgIpc) is 2.55. The van der Waals surface area contributed by atoms with E-state index >= 15 is 0 Å². The van der Waals surface area contributed by atoms with Gasteiger partial charge in [-0.25, -0.2) is 0 Å². The van der Waals surface area contributed by atoms with E-state index < -0.39 is 72.9 Å². The van der Waals surface area contributed by atoms with Crippen LogP contribution >= 0.6 is 11.8 Å². The van der Waals surface area contributed by atoms with Gasteiger partial charge >= 0.3 is 0 Å².